The molecule has 0 aliphatic heterocycles. The molecule has 1 aromatic carbocycles. The van der Waals surface area contributed by atoms with Crippen LogP contribution in [0.25, 0.3) is 11.2 Å². The normalized spacial score (nSPS) is 17.0. The number of H-pyrrole nitrogens is 1. The number of carbonyl (C=O) groups excluding carboxylic acids is 2. The predicted molar refractivity (Wildman–Crippen MR) is 162 cm³/mol. The zero-order valence-corrected chi connectivity index (χ0v) is 26.6. The number of amides is 2. The Morgan fingerprint density at radius 3 is 2.33 bits per heavy atom. The number of benzene rings is 1. The third kappa shape index (κ3) is 8.73. The number of aromatic nitrogens is 4. The summed E-state index contributed by atoms with van der Waals surface area (Å²) in [5.41, 5.74) is -1.18. The molecule has 0 bridgehead atoms. The van der Waals surface area contributed by atoms with Crippen LogP contribution in [0.1, 0.15) is 67.5 Å². The number of nitrogens with zero attached hydrogens (tertiary/aromatic N) is 3. The van der Waals surface area contributed by atoms with Gasteiger partial charge in [-0.2, -0.15) is 36.3 Å². The minimum absolute atomic E-state index is 0.0185. The molecule has 49 heavy (non-hydrogen) atoms. The summed E-state index contributed by atoms with van der Waals surface area (Å²) in [6.45, 7) is 2.13. The minimum atomic E-state index is -4.80. The summed E-state index contributed by atoms with van der Waals surface area (Å²) in [7, 11) is 0. The van der Waals surface area contributed by atoms with Crippen LogP contribution in [0.15, 0.2) is 24.3 Å². The van der Waals surface area contributed by atoms with Crippen LogP contribution >= 0.6 is 11.3 Å². The van der Waals surface area contributed by atoms with Crippen molar-refractivity contribution in [2.24, 2.45) is 5.92 Å². The molecule has 0 saturated heterocycles. The van der Waals surface area contributed by atoms with Gasteiger partial charge in [0.15, 0.2) is 12.3 Å². The molecule has 1 aliphatic carbocycles. The average Bonchev–Trinajstić information content (AvgIpc) is 3.57. The van der Waals surface area contributed by atoms with E-state index in [0.29, 0.717) is 21.1 Å². The second-order valence-electron chi connectivity index (χ2n) is 11.4. The maximum absolute atomic E-state index is 14.0. The molecule has 0 radical (unpaired) electrons. The van der Waals surface area contributed by atoms with E-state index in [2.05, 4.69) is 35.9 Å². The Kier molecular flexibility index (Phi) is 10.3. The SMILES string of the molecule is Cc1nc(C)c(C(=O)NCc2ccc(C(F)(F)F)c(Nc3nc4nc(OCC(F)F)c(C(=O)NC5CCC(C(F)(F)F)CC5)cc4[nH]3)c2)s1. The van der Waals surface area contributed by atoms with Gasteiger partial charge in [-0.25, -0.2) is 13.8 Å². The first-order valence-corrected chi connectivity index (χ1v) is 15.7. The second-order valence-corrected chi connectivity index (χ2v) is 12.6. The summed E-state index contributed by atoms with van der Waals surface area (Å²) in [5.74, 6) is -3.59. The van der Waals surface area contributed by atoms with E-state index in [1.54, 1.807) is 13.8 Å². The molecular weight excluding hydrogens is 690 g/mol. The van der Waals surface area contributed by atoms with Crippen LogP contribution < -0.4 is 20.7 Å². The number of thiazole rings is 1. The van der Waals surface area contributed by atoms with Gasteiger partial charge in [0.2, 0.25) is 11.8 Å². The minimum Gasteiger partial charge on any atom is -0.471 e. The van der Waals surface area contributed by atoms with Crippen LogP contribution in [0.3, 0.4) is 0 Å². The highest BCUT2D eigenvalue weighted by atomic mass is 32.1. The third-order valence-corrected chi connectivity index (χ3v) is 8.83. The summed E-state index contributed by atoms with van der Waals surface area (Å²) >= 11 is 1.18. The fourth-order valence-electron chi connectivity index (χ4n) is 5.41. The van der Waals surface area contributed by atoms with Crippen molar-refractivity contribution < 1.29 is 49.4 Å². The zero-order valence-electron chi connectivity index (χ0n) is 25.8. The second kappa shape index (κ2) is 14.1. The van der Waals surface area contributed by atoms with Gasteiger partial charge in [0.25, 0.3) is 18.2 Å². The van der Waals surface area contributed by atoms with E-state index in [4.69, 9.17) is 4.74 Å². The number of alkyl halides is 8. The number of fused-ring (bicyclic) bond motifs is 1. The summed E-state index contributed by atoms with van der Waals surface area (Å²) < 4.78 is 112. The molecule has 0 spiro atoms. The standard InChI is InChI=1S/C30H29F8N7O3S/c1-13-23(49-14(2)40-13)26(47)39-11-15-3-8-19(30(36,37)38)20(9-15)42-28-43-21-10-18(27(44-24(21)45-28)48-12-22(31)32)25(46)41-17-6-4-16(5-7-17)29(33,34)35/h3,8-10,16-17,22H,4-7,11-12H2,1-2H3,(H,39,47)(H,41,46)(H2,42,43,44,45). The van der Waals surface area contributed by atoms with Crippen molar-refractivity contribution in [3.63, 3.8) is 0 Å². The van der Waals surface area contributed by atoms with Gasteiger partial charge >= 0.3 is 12.4 Å². The molecule has 1 saturated carbocycles. The van der Waals surface area contributed by atoms with Gasteiger partial charge in [-0.15, -0.1) is 11.3 Å². The number of imidazole rings is 1. The number of hydrogen-bond acceptors (Lipinski definition) is 8. The summed E-state index contributed by atoms with van der Waals surface area (Å²) in [4.78, 5) is 41.2. The number of rotatable bonds is 10. The van der Waals surface area contributed by atoms with Gasteiger partial charge < -0.3 is 25.7 Å². The number of carbonyl (C=O) groups is 2. The third-order valence-electron chi connectivity index (χ3n) is 7.76. The van der Waals surface area contributed by atoms with Crippen molar-refractivity contribution in [3.8, 4) is 5.88 Å². The van der Waals surface area contributed by atoms with E-state index in [9.17, 15) is 44.7 Å². The van der Waals surface area contributed by atoms with Crippen molar-refractivity contribution in [2.75, 3.05) is 11.9 Å². The first-order chi connectivity index (χ1) is 23.0. The van der Waals surface area contributed by atoms with Crippen molar-refractivity contribution in [1.82, 2.24) is 30.6 Å². The van der Waals surface area contributed by atoms with Crippen molar-refractivity contribution in [3.05, 3.63) is 56.5 Å². The maximum atomic E-state index is 14.0. The van der Waals surface area contributed by atoms with E-state index in [1.807, 2.05) is 0 Å². The smallest absolute Gasteiger partial charge is 0.418 e. The first kappa shape index (κ1) is 35.7. The quantitative estimate of drug-likeness (QED) is 0.127. The van der Waals surface area contributed by atoms with Gasteiger partial charge in [0.05, 0.1) is 33.4 Å². The average molecular weight is 720 g/mol. The van der Waals surface area contributed by atoms with E-state index < -0.39 is 66.3 Å². The van der Waals surface area contributed by atoms with Crippen molar-refractivity contribution in [1.29, 1.82) is 0 Å². The van der Waals surface area contributed by atoms with Gasteiger partial charge in [0.1, 0.15) is 10.4 Å². The Bertz CT molecular complexity index is 1830. The lowest BCUT2D eigenvalue weighted by atomic mass is 9.85. The van der Waals surface area contributed by atoms with Crippen LogP contribution in [0.2, 0.25) is 0 Å². The number of halogens is 8. The van der Waals surface area contributed by atoms with Gasteiger partial charge in [-0.3, -0.25) is 9.59 Å². The Morgan fingerprint density at radius 1 is 1.00 bits per heavy atom. The Labute approximate surface area is 277 Å². The van der Waals surface area contributed by atoms with Crippen LogP contribution in [-0.2, 0) is 12.7 Å². The lowest BCUT2D eigenvalue weighted by Crippen LogP contribution is -2.40. The fraction of sp³-hybridized carbons (Fsp3) is 0.433. The number of nitrogens with one attached hydrogen (secondary N) is 4. The lowest BCUT2D eigenvalue weighted by molar-refractivity contribution is -0.182. The molecule has 264 valence electrons. The summed E-state index contributed by atoms with van der Waals surface area (Å²) in [6, 6.07) is 3.72. The van der Waals surface area contributed by atoms with Crippen molar-refractivity contribution in [2.45, 2.75) is 70.9 Å². The van der Waals surface area contributed by atoms with Crippen LogP contribution in [0.5, 0.6) is 5.88 Å². The Hall–Kier alpha value is -4.55. The highest BCUT2D eigenvalue weighted by Crippen LogP contribution is 2.38. The number of anilines is 2. The van der Waals surface area contributed by atoms with Crippen molar-refractivity contribution >= 4 is 46.0 Å². The molecule has 2 amide bonds. The topological polar surface area (TPSA) is 134 Å². The van der Waals surface area contributed by atoms with E-state index in [1.165, 1.54) is 17.4 Å². The van der Waals surface area contributed by atoms with E-state index in [-0.39, 0.29) is 54.9 Å². The fourth-order valence-corrected chi connectivity index (χ4v) is 6.25. The monoisotopic (exact) mass is 719 g/mol. The molecule has 0 unspecified atom stereocenters. The molecule has 5 rings (SSSR count). The van der Waals surface area contributed by atoms with E-state index in [0.717, 1.165) is 18.2 Å². The van der Waals surface area contributed by atoms with Crippen LogP contribution in [0, 0.1) is 19.8 Å². The molecule has 3 heterocycles. The number of aryl methyl sites for hydroxylation is 2. The molecule has 1 aliphatic rings. The predicted octanol–water partition coefficient (Wildman–Crippen LogP) is 7.22. The summed E-state index contributed by atoms with van der Waals surface area (Å²) in [5, 5.41) is 8.46. The highest BCUT2D eigenvalue weighted by Gasteiger charge is 2.41. The first-order valence-electron chi connectivity index (χ1n) is 14.9. The Balaban J connectivity index is 1.38. The molecule has 4 N–H and O–H groups in total. The van der Waals surface area contributed by atoms with Gasteiger partial charge in [0, 0.05) is 12.6 Å². The maximum Gasteiger partial charge on any atom is 0.418 e. The number of pyridine rings is 1. The van der Waals surface area contributed by atoms with Crippen LogP contribution in [-0.4, -0.2) is 57.0 Å². The largest absolute Gasteiger partial charge is 0.471 e. The molecule has 19 heteroatoms. The molecular formula is C30H29F8N7O3S. The summed E-state index contributed by atoms with van der Waals surface area (Å²) in [6.07, 6.45) is -12.4. The zero-order chi connectivity index (χ0) is 35.7. The highest BCUT2D eigenvalue weighted by molar-refractivity contribution is 7.13. The molecule has 10 nitrogen and oxygen atoms in total. The van der Waals surface area contributed by atoms with Crippen LogP contribution in [0.4, 0.5) is 46.8 Å². The number of ether oxygens (including phenoxy) is 1. The lowest BCUT2D eigenvalue weighted by Gasteiger charge is -2.30. The molecule has 0 atom stereocenters. The van der Waals surface area contributed by atoms with Gasteiger partial charge in [-0.1, -0.05) is 6.07 Å². The van der Waals surface area contributed by atoms with E-state index >= 15 is 0 Å². The molecule has 1 fully saturated rings. The molecule has 4 aromatic rings. The number of aromatic amines is 1. The number of hydrogen-bond donors (Lipinski definition) is 4. The van der Waals surface area contributed by atoms with Gasteiger partial charge in [-0.05, 0) is 63.3 Å². The Morgan fingerprint density at radius 2 is 1.71 bits per heavy atom. The molecule has 3 aromatic heterocycles.